The van der Waals surface area contributed by atoms with Crippen LogP contribution in [-0.4, -0.2) is 71.9 Å². The standard InChI is InChI=1S/C36H42N4O8/c1-6-40(7-2)18-17-37-35(44)33-22(3)30(38-23(33)4)20-28-27-19-26(13-14-29(27)39-34(28)43)48-32(42)16-15-31(41)47-24(5)36(45)46-21-25-11-9-8-10-12-25/h8-14,19-20,24,38H,6-7,15-18,21H2,1-5H3,(H,37,44)(H,39,43)/b28-20-/t24-/m0/s1. The van der Waals surface area contributed by atoms with Crippen molar-refractivity contribution in [3.63, 3.8) is 0 Å². The molecule has 1 aliphatic rings. The zero-order valence-electron chi connectivity index (χ0n) is 27.9. The van der Waals surface area contributed by atoms with E-state index in [1.165, 1.54) is 13.0 Å². The molecule has 254 valence electrons. The van der Waals surface area contributed by atoms with Crippen LogP contribution in [0.1, 0.15) is 72.0 Å². The van der Waals surface area contributed by atoms with Gasteiger partial charge in [0.05, 0.1) is 24.0 Å². The third-order valence-electron chi connectivity index (χ3n) is 8.00. The second-order valence-corrected chi connectivity index (χ2v) is 11.4. The lowest BCUT2D eigenvalue weighted by Gasteiger charge is -2.18. The normalized spacial score (nSPS) is 13.5. The molecule has 0 bridgehead atoms. The SMILES string of the molecule is CCN(CC)CCNC(=O)c1c(C)[nH]c(/C=C2\C(=O)Nc3ccc(OC(=O)CCC(=O)O[C@@H](C)C(=O)OCc4ccccc4)cc32)c1C. The Morgan fingerprint density at radius 2 is 1.69 bits per heavy atom. The van der Waals surface area contributed by atoms with Gasteiger partial charge in [-0.15, -0.1) is 0 Å². The number of anilines is 1. The quantitative estimate of drug-likeness (QED) is 0.121. The molecule has 0 saturated carbocycles. The summed E-state index contributed by atoms with van der Waals surface area (Å²) < 4.78 is 15.7. The fourth-order valence-electron chi connectivity index (χ4n) is 5.27. The molecule has 0 saturated heterocycles. The molecule has 1 atom stereocenters. The summed E-state index contributed by atoms with van der Waals surface area (Å²) in [5.41, 5.74) is 4.71. The molecule has 0 aliphatic carbocycles. The molecule has 12 nitrogen and oxygen atoms in total. The number of aromatic nitrogens is 1. The van der Waals surface area contributed by atoms with Gasteiger partial charge in [-0.05, 0) is 69.3 Å². The first kappa shape index (κ1) is 35.6. The molecule has 2 amide bonds. The molecule has 12 heteroatoms. The molecule has 0 spiro atoms. The second kappa shape index (κ2) is 16.6. The highest BCUT2D eigenvalue weighted by Gasteiger charge is 2.27. The molecule has 48 heavy (non-hydrogen) atoms. The number of nitrogens with one attached hydrogen (secondary N) is 3. The smallest absolute Gasteiger partial charge is 0.347 e. The maximum Gasteiger partial charge on any atom is 0.347 e. The molecule has 0 radical (unpaired) electrons. The Hall–Kier alpha value is -5.23. The summed E-state index contributed by atoms with van der Waals surface area (Å²) in [5, 5.41) is 5.78. The molecule has 1 aliphatic heterocycles. The van der Waals surface area contributed by atoms with E-state index >= 15 is 0 Å². The van der Waals surface area contributed by atoms with Crippen LogP contribution in [0.3, 0.4) is 0 Å². The summed E-state index contributed by atoms with van der Waals surface area (Å²) in [4.78, 5) is 68.4. The molecule has 0 fully saturated rings. The Kier molecular flexibility index (Phi) is 12.3. The molecule has 4 rings (SSSR count). The average Bonchev–Trinajstić information content (AvgIpc) is 3.54. The van der Waals surface area contributed by atoms with Crippen molar-refractivity contribution < 1.29 is 38.2 Å². The van der Waals surface area contributed by atoms with Gasteiger partial charge in [-0.3, -0.25) is 19.2 Å². The number of amides is 2. The lowest BCUT2D eigenvalue weighted by Crippen LogP contribution is -2.35. The van der Waals surface area contributed by atoms with E-state index in [1.54, 1.807) is 30.3 Å². The molecule has 2 aromatic carbocycles. The van der Waals surface area contributed by atoms with Gasteiger partial charge in [0.2, 0.25) is 0 Å². The number of rotatable bonds is 15. The number of esters is 3. The number of likely N-dealkylation sites (N-methyl/N-ethyl adjacent to an activating group) is 1. The number of H-pyrrole nitrogens is 1. The summed E-state index contributed by atoms with van der Waals surface area (Å²) in [6.45, 7) is 12.3. The van der Waals surface area contributed by atoms with Crippen LogP contribution in [0.25, 0.3) is 11.6 Å². The highest BCUT2D eigenvalue weighted by molar-refractivity contribution is 6.35. The lowest BCUT2D eigenvalue weighted by molar-refractivity contribution is -0.167. The van der Waals surface area contributed by atoms with Crippen LogP contribution in [-0.2, 0) is 35.3 Å². The van der Waals surface area contributed by atoms with Crippen molar-refractivity contribution in [2.75, 3.05) is 31.5 Å². The topological polar surface area (TPSA) is 156 Å². The first-order valence-electron chi connectivity index (χ1n) is 16.0. The lowest BCUT2D eigenvalue weighted by atomic mass is 10.0. The number of hydrogen-bond donors (Lipinski definition) is 3. The number of ether oxygens (including phenoxy) is 3. The monoisotopic (exact) mass is 658 g/mol. The zero-order chi connectivity index (χ0) is 34.8. The number of carbonyl (C=O) groups excluding carboxylic acids is 5. The van der Waals surface area contributed by atoms with Crippen molar-refractivity contribution in [3.8, 4) is 5.75 Å². The van der Waals surface area contributed by atoms with Crippen molar-refractivity contribution in [2.45, 2.75) is 60.2 Å². The second-order valence-electron chi connectivity index (χ2n) is 11.4. The van der Waals surface area contributed by atoms with E-state index in [-0.39, 0.29) is 37.0 Å². The van der Waals surface area contributed by atoms with Gasteiger partial charge in [-0.1, -0.05) is 44.2 Å². The number of carbonyl (C=O) groups is 5. The number of aromatic amines is 1. The average molecular weight is 659 g/mol. The first-order valence-corrected chi connectivity index (χ1v) is 16.0. The van der Waals surface area contributed by atoms with Crippen LogP contribution in [0.2, 0.25) is 0 Å². The Labute approximate surface area is 279 Å². The molecular formula is C36H42N4O8. The predicted molar refractivity (Wildman–Crippen MR) is 180 cm³/mol. The number of benzene rings is 2. The van der Waals surface area contributed by atoms with Gasteiger partial charge in [0, 0.05) is 35.7 Å². The Balaban J connectivity index is 1.34. The van der Waals surface area contributed by atoms with E-state index in [0.29, 0.717) is 45.9 Å². The molecule has 0 unspecified atom stereocenters. The minimum atomic E-state index is -1.14. The zero-order valence-corrected chi connectivity index (χ0v) is 27.9. The Morgan fingerprint density at radius 1 is 0.979 bits per heavy atom. The fraction of sp³-hybridized carbons (Fsp3) is 0.361. The van der Waals surface area contributed by atoms with E-state index < -0.39 is 24.0 Å². The summed E-state index contributed by atoms with van der Waals surface area (Å²) in [5.74, 6) is -2.50. The van der Waals surface area contributed by atoms with Crippen molar-refractivity contribution in [3.05, 3.63) is 82.2 Å². The van der Waals surface area contributed by atoms with Crippen molar-refractivity contribution >= 4 is 47.1 Å². The highest BCUT2D eigenvalue weighted by Crippen LogP contribution is 2.36. The van der Waals surface area contributed by atoms with Gasteiger partial charge in [-0.25, -0.2) is 4.79 Å². The third-order valence-corrected chi connectivity index (χ3v) is 8.00. The molecule has 1 aromatic heterocycles. The van der Waals surface area contributed by atoms with Gasteiger partial charge in [0.25, 0.3) is 11.8 Å². The molecule has 3 aromatic rings. The van der Waals surface area contributed by atoms with Gasteiger partial charge in [0.1, 0.15) is 12.4 Å². The first-order chi connectivity index (χ1) is 23.0. The van der Waals surface area contributed by atoms with Crippen LogP contribution in [0, 0.1) is 13.8 Å². The van der Waals surface area contributed by atoms with E-state index in [1.807, 2.05) is 32.0 Å². The predicted octanol–water partition coefficient (Wildman–Crippen LogP) is 4.56. The van der Waals surface area contributed by atoms with E-state index in [2.05, 4.69) is 34.4 Å². The van der Waals surface area contributed by atoms with E-state index in [0.717, 1.165) is 25.2 Å². The van der Waals surface area contributed by atoms with Crippen LogP contribution in [0.5, 0.6) is 5.75 Å². The molecular weight excluding hydrogens is 616 g/mol. The van der Waals surface area contributed by atoms with Crippen LogP contribution in [0.15, 0.2) is 48.5 Å². The van der Waals surface area contributed by atoms with Gasteiger partial charge >= 0.3 is 17.9 Å². The van der Waals surface area contributed by atoms with Gasteiger partial charge in [0.15, 0.2) is 6.10 Å². The van der Waals surface area contributed by atoms with Crippen molar-refractivity contribution in [1.82, 2.24) is 15.2 Å². The van der Waals surface area contributed by atoms with Crippen molar-refractivity contribution in [2.24, 2.45) is 0 Å². The maximum atomic E-state index is 13.0. The third kappa shape index (κ3) is 9.19. The molecule has 2 heterocycles. The van der Waals surface area contributed by atoms with Crippen LogP contribution < -0.4 is 15.4 Å². The van der Waals surface area contributed by atoms with Crippen molar-refractivity contribution in [1.29, 1.82) is 0 Å². The number of fused-ring (bicyclic) bond motifs is 1. The largest absolute Gasteiger partial charge is 0.458 e. The Bertz CT molecular complexity index is 1690. The minimum absolute atomic E-state index is 0.0482. The number of aryl methyl sites for hydroxylation is 1. The maximum absolute atomic E-state index is 13.0. The summed E-state index contributed by atoms with van der Waals surface area (Å²) in [6.07, 6.45) is -0.0620. The summed E-state index contributed by atoms with van der Waals surface area (Å²) in [6, 6.07) is 13.8. The number of hydrogen-bond acceptors (Lipinski definition) is 9. The Morgan fingerprint density at radius 3 is 2.40 bits per heavy atom. The minimum Gasteiger partial charge on any atom is -0.458 e. The van der Waals surface area contributed by atoms with Crippen LogP contribution >= 0.6 is 0 Å². The van der Waals surface area contributed by atoms with Gasteiger partial charge in [-0.2, -0.15) is 0 Å². The molecule has 3 N–H and O–H groups in total. The van der Waals surface area contributed by atoms with E-state index in [9.17, 15) is 24.0 Å². The van der Waals surface area contributed by atoms with Gasteiger partial charge < -0.3 is 34.7 Å². The highest BCUT2D eigenvalue weighted by atomic mass is 16.6. The fourth-order valence-corrected chi connectivity index (χ4v) is 5.27. The summed E-state index contributed by atoms with van der Waals surface area (Å²) in [7, 11) is 0. The number of nitrogens with zero attached hydrogens (tertiary/aromatic N) is 1. The summed E-state index contributed by atoms with van der Waals surface area (Å²) >= 11 is 0. The van der Waals surface area contributed by atoms with E-state index in [4.69, 9.17) is 14.2 Å². The van der Waals surface area contributed by atoms with Crippen LogP contribution in [0.4, 0.5) is 5.69 Å².